The fourth-order valence-corrected chi connectivity index (χ4v) is 3.54. The zero-order valence-electron chi connectivity index (χ0n) is 15.6. The number of hydrogen-bond acceptors (Lipinski definition) is 5. The molecule has 2 atom stereocenters. The van der Waals surface area contributed by atoms with Gasteiger partial charge in [-0.2, -0.15) is 0 Å². The molecule has 2 heterocycles. The molecule has 0 aromatic carbocycles. The van der Waals surface area contributed by atoms with Crippen molar-refractivity contribution in [2.75, 3.05) is 13.7 Å². The van der Waals surface area contributed by atoms with E-state index in [0.29, 0.717) is 17.3 Å². The number of amidine groups is 1. The van der Waals surface area contributed by atoms with E-state index in [1.807, 2.05) is 13.8 Å². The zero-order valence-corrected chi connectivity index (χ0v) is 17.9. The van der Waals surface area contributed by atoms with Crippen molar-refractivity contribution in [3.05, 3.63) is 44.5 Å². The Kier molecular flexibility index (Phi) is 7.34. The van der Waals surface area contributed by atoms with Crippen molar-refractivity contribution >= 4 is 39.4 Å². The van der Waals surface area contributed by atoms with Crippen LogP contribution < -0.4 is 26.6 Å². The summed E-state index contributed by atoms with van der Waals surface area (Å²) in [7, 11) is 1.62. The molecule has 0 aliphatic carbocycles. The molecule has 6 N–H and O–H groups in total. The van der Waals surface area contributed by atoms with Gasteiger partial charge in [0.1, 0.15) is 6.17 Å². The normalized spacial score (nSPS) is 20.7. The van der Waals surface area contributed by atoms with E-state index in [1.54, 1.807) is 26.3 Å². The highest BCUT2D eigenvalue weighted by atomic mass is 79.9. The van der Waals surface area contributed by atoms with Gasteiger partial charge < -0.3 is 31.3 Å². The molecule has 27 heavy (non-hydrogen) atoms. The third-order valence-corrected chi connectivity index (χ3v) is 5.39. The average Bonchev–Trinajstić information content (AvgIpc) is 2.60. The topological polar surface area (TPSA) is 110 Å². The predicted octanol–water partition coefficient (Wildman–Crippen LogP) is 2.28. The first-order chi connectivity index (χ1) is 12.7. The highest BCUT2D eigenvalue weighted by Crippen LogP contribution is 2.29. The molecule has 2 amide bonds. The first kappa shape index (κ1) is 21.3. The summed E-state index contributed by atoms with van der Waals surface area (Å²) in [6.07, 6.45) is 2.68. The van der Waals surface area contributed by atoms with Crippen molar-refractivity contribution in [1.29, 1.82) is 5.41 Å². The molecule has 8 nitrogen and oxygen atoms in total. The fraction of sp³-hybridized carbons (Fsp3) is 0.412. The summed E-state index contributed by atoms with van der Waals surface area (Å²) < 4.78 is 6.30. The highest BCUT2D eigenvalue weighted by molar-refractivity contribution is 9.12. The first-order valence-corrected chi connectivity index (χ1v) is 9.49. The Balaban J connectivity index is 2.08. The maximum atomic E-state index is 12.4. The van der Waals surface area contributed by atoms with Crippen molar-refractivity contribution in [3.63, 3.8) is 0 Å². The fourth-order valence-electron chi connectivity index (χ4n) is 2.61. The second kappa shape index (κ2) is 9.29. The molecule has 2 aliphatic heterocycles. The van der Waals surface area contributed by atoms with Gasteiger partial charge in [-0.05, 0) is 42.8 Å². The minimum atomic E-state index is -0.393. The third kappa shape index (κ3) is 5.50. The molecule has 2 rings (SSSR count). The summed E-state index contributed by atoms with van der Waals surface area (Å²) in [5.41, 5.74) is 3.10. The number of rotatable bonds is 5. The predicted molar refractivity (Wildman–Crippen MR) is 110 cm³/mol. The maximum absolute atomic E-state index is 12.4. The van der Waals surface area contributed by atoms with Gasteiger partial charge in [0.25, 0.3) is 0 Å². The second-order valence-corrected chi connectivity index (χ2v) is 7.37. The van der Waals surface area contributed by atoms with Crippen LogP contribution in [0.15, 0.2) is 44.5 Å². The number of carbonyl (C=O) groups excluding carboxylic acids is 1. The van der Waals surface area contributed by atoms with Crippen molar-refractivity contribution in [2.45, 2.75) is 33.0 Å². The number of urea groups is 1. The monoisotopic (exact) mass is 458 g/mol. The molecule has 0 fully saturated rings. The van der Waals surface area contributed by atoms with Crippen LogP contribution in [0, 0.1) is 5.41 Å². The molecule has 0 bridgehead atoms. The number of nitrogens with one attached hydrogen (secondary N) is 6. The number of hydrogen-bond donors (Lipinski definition) is 6. The van der Waals surface area contributed by atoms with Gasteiger partial charge in [0.05, 0.1) is 29.2 Å². The van der Waals surface area contributed by atoms with E-state index in [4.69, 9.17) is 21.7 Å². The zero-order chi connectivity index (χ0) is 20.1. The number of halogens is 2. The van der Waals surface area contributed by atoms with Crippen molar-refractivity contribution < 1.29 is 9.53 Å². The summed E-state index contributed by atoms with van der Waals surface area (Å²) in [5.74, 6) is 0.284. The Morgan fingerprint density at radius 1 is 1.48 bits per heavy atom. The van der Waals surface area contributed by atoms with Crippen LogP contribution in [-0.4, -0.2) is 37.8 Å². The lowest BCUT2D eigenvalue weighted by Crippen LogP contribution is -2.46. The summed E-state index contributed by atoms with van der Waals surface area (Å²) in [6, 6.07) is -0.393. The van der Waals surface area contributed by atoms with E-state index in [2.05, 4.69) is 42.5 Å². The van der Waals surface area contributed by atoms with Gasteiger partial charge in [-0.3, -0.25) is 5.41 Å². The molecule has 0 radical (unpaired) electrons. The van der Waals surface area contributed by atoms with E-state index in [0.717, 1.165) is 21.4 Å². The smallest absolute Gasteiger partial charge is 0.323 e. The van der Waals surface area contributed by atoms with Crippen LogP contribution in [0.3, 0.4) is 0 Å². The average molecular weight is 460 g/mol. The van der Waals surface area contributed by atoms with Crippen LogP contribution in [0.5, 0.6) is 0 Å². The quantitative estimate of drug-likeness (QED) is 0.279. The van der Waals surface area contributed by atoms with Gasteiger partial charge in [-0.1, -0.05) is 11.6 Å². The Hall–Kier alpha value is -1.97. The van der Waals surface area contributed by atoms with Crippen LogP contribution in [0.1, 0.15) is 20.8 Å². The van der Waals surface area contributed by atoms with Crippen LogP contribution >= 0.6 is 27.5 Å². The molecule has 10 heteroatoms. The van der Waals surface area contributed by atoms with Crippen molar-refractivity contribution in [1.82, 2.24) is 26.6 Å². The van der Waals surface area contributed by atoms with E-state index < -0.39 is 6.03 Å². The van der Waals surface area contributed by atoms with Gasteiger partial charge in [-0.15, -0.1) is 0 Å². The maximum Gasteiger partial charge on any atom is 0.323 e. The molecular weight excluding hydrogens is 436 g/mol. The summed E-state index contributed by atoms with van der Waals surface area (Å²) in [4.78, 5) is 12.4. The van der Waals surface area contributed by atoms with Crippen LogP contribution in [0.2, 0.25) is 0 Å². The van der Waals surface area contributed by atoms with Crippen molar-refractivity contribution in [2.24, 2.45) is 0 Å². The molecule has 0 aromatic heterocycles. The molecule has 0 aromatic rings. The lowest BCUT2D eigenvalue weighted by atomic mass is 10.0. The van der Waals surface area contributed by atoms with E-state index in [1.165, 1.54) is 0 Å². The lowest BCUT2D eigenvalue weighted by Gasteiger charge is -2.27. The standard InChI is InChI=1S/C17H24BrClN6O2/c1-8-15(18)14(9(2)27-4)13(7-21-8)25-17(26)24-11-5-12(19)16(22-6-11)23-10(3)20/h5-6,9,16,21-22H,7H2,1-4H3,(H2,20,23)(H2,24,25,26). The van der Waals surface area contributed by atoms with Gasteiger partial charge in [-0.25, -0.2) is 4.79 Å². The molecule has 2 unspecified atom stereocenters. The Labute approximate surface area is 172 Å². The Morgan fingerprint density at radius 2 is 2.19 bits per heavy atom. The molecule has 148 valence electrons. The van der Waals surface area contributed by atoms with Gasteiger partial charge in [0.15, 0.2) is 0 Å². The van der Waals surface area contributed by atoms with E-state index >= 15 is 0 Å². The lowest BCUT2D eigenvalue weighted by molar-refractivity contribution is 0.147. The van der Waals surface area contributed by atoms with Gasteiger partial charge in [0, 0.05) is 34.8 Å². The van der Waals surface area contributed by atoms with Crippen molar-refractivity contribution in [3.8, 4) is 0 Å². The van der Waals surface area contributed by atoms with Crippen LogP contribution in [0.25, 0.3) is 0 Å². The molecular formula is C17H24BrClN6O2. The largest absolute Gasteiger partial charge is 0.382 e. The Morgan fingerprint density at radius 3 is 2.78 bits per heavy atom. The van der Waals surface area contributed by atoms with Crippen LogP contribution in [0.4, 0.5) is 4.79 Å². The summed E-state index contributed by atoms with van der Waals surface area (Å²) >= 11 is 9.75. The molecule has 0 spiro atoms. The minimum Gasteiger partial charge on any atom is -0.382 e. The first-order valence-electron chi connectivity index (χ1n) is 8.32. The number of amides is 2. The molecule has 2 aliphatic rings. The molecule has 0 saturated heterocycles. The highest BCUT2D eigenvalue weighted by Gasteiger charge is 2.24. The van der Waals surface area contributed by atoms with Gasteiger partial charge in [0.2, 0.25) is 0 Å². The number of dihydropyridines is 2. The summed E-state index contributed by atoms with van der Waals surface area (Å²) in [6.45, 7) is 5.98. The summed E-state index contributed by atoms with van der Waals surface area (Å²) in [5, 5.41) is 22.6. The number of ether oxygens (including phenoxy) is 1. The Bertz CT molecular complexity index is 759. The number of methoxy groups -OCH3 is 1. The SMILES string of the molecule is COC(C)C1=C(NC(=O)NC2=CNC(NC(C)=N)C(Cl)=C2)CNC(C)=C1Br. The van der Waals surface area contributed by atoms with E-state index in [9.17, 15) is 4.79 Å². The second-order valence-electron chi connectivity index (χ2n) is 6.14. The number of carbonyl (C=O) groups is 1. The van der Waals surface area contributed by atoms with Gasteiger partial charge >= 0.3 is 6.03 Å². The minimum absolute atomic E-state index is 0.187. The molecule has 0 saturated carbocycles. The van der Waals surface area contributed by atoms with E-state index in [-0.39, 0.29) is 18.1 Å². The van der Waals surface area contributed by atoms with Crippen LogP contribution in [-0.2, 0) is 4.74 Å². The third-order valence-electron chi connectivity index (χ3n) is 4.04. The number of allylic oxidation sites excluding steroid dienone is 2.